The lowest BCUT2D eigenvalue weighted by Gasteiger charge is -2.20. The van der Waals surface area contributed by atoms with Gasteiger partial charge in [-0.05, 0) is 62.7 Å². The molecular weight excluding hydrogens is 406 g/mol. The molecule has 168 valence electrons. The van der Waals surface area contributed by atoms with Gasteiger partial charge in [0.25, 0.3) is 11.6 Å². The van der Waals surface area contributed by atoms with E-state index in [9.17, 15) is 14.9 Å². The molecule has 3 aromatic rings. The number of carbonyl (C=O) groups is 1. The van der Waals surface area contributed by atoms with Crippen LogP contribution in [0.25, 0.3) is 11.0 Å². The molecule has 0 radical (unpaired) electrons. The molecule has 0 atom stereocenters. The summed E-state index contributed by atoms with van der Waals surface area (Å²) >= 11 is 0. The number of fused-ring (bicyclic) bond motifs is 1. The Hall–Kier alpha value is -3.26. The summed E-state index contributed by atoms with van der Waals surface area (Å²) in [5, 5.41) is 13.7. The number of hydrogen-bond acceptors (Lipinski definition) is 5. The van der Waals surface area contributed by atoms with E-state index in [1.807, 2.05) is 18.2 Å². The lowest BCUT2D eigenvalue weighted by atomic mass is 10.2. The second-order valence-corrected chi connectivity index (χ2v) is 8.33. The minimum atomic E-state index is -0.481. The monoisotopic (exact) mass is 435 g/mol. The molecule has 4 rings (SSSR count). The van der Waals surface area contributed by atoms with Crippen molar-refractivity contribution in [1.29, 1.82) is 0 Å². The summed E-state index contributed by atoms with van der Waals surface area (Å²) in [4.78, 5) is 30.3. The van der Waals surface area contributed by atoms with Gasteiger partial charge in [-0.2, -0.15) is 0 Å². The van der Waals surface area contributed by atoms with Crippen LogP contribution >= 0.6 is 0 Å². The standard InChI is InChI=1S/C24H29N5O3/c1-2-13-28-22-12-9-19(25-24(30)18-7-10-20(11-8-18)29(31)32)16-21(22)26-23(28)17-27-14-5-3-4-6-15-27/h7-12,16H,2-6,13-15,17H2,1H3,(H,25,30). The average molecular weight is 436 g/mol. The highest BCUT2D eigenvalue weighted by atomic mass is 16.6. The molecule has 1 N–H and O–H groups in total. The Balaban J connectivity index is 1.54. The molecule has 1 saturated heterocycles. The maximum atomic E-state index is 12.6. The molecule has 0 saturated carbocycles. The zero-order valence-electron chi connectivity index (χ0n) is 18.4. The third-order valence-electron chi connectivity index (χ3n) is 5.94. The van der Waals surface area contributed by atoms with Crippen molar-refractivity contribution in [1.82, 2.24) is 14.5 Å². The zero-order chi connectivity index (χ0) is 22.5. The van der Waals surface area contributed by atoms with Crippen molar-refractivity contribution in [2.45, 2.75) is 52.1 Å². The van der Waals surface area contributed by atoms with Crippen LogP contribution in [0.15, 0.2) is 42.5 Å². The zero-order valence-corrected chi connectivity index (χ0v) is 18.4. The number of rotatable bonds is 7. The third-order valence-corrected chi connectivity index (χ3v) is 5.94. The molecule has 1 amide bonds. The van der Waals surface area contributed by atoms with Crippen LogP contribution in [0.4, 0.5) is 11.4 Å². The van der Waals surface area contributed by atoms with Gasteiger partial charge in [-0.15, -0.1) is 0 Å². The molecule has 2 heterocycles. The predicted molar refractivity (Wildman–Crippen MR) is 125 cm³/mol. The Morgan fingerprint density at radius 2 is 1.81 bits per heavy atom. The van der Waals surface area contributed by atoms with Crippen LogP contribution in [0, 0.1) is 10.1 Å². The lowest BCUT2D eigenvalue weighted by molar-refractivity contribution is -0.384. The summed E-state index contributed by atoms with van der Waals surface area (Å²) in [6.07, 6.45) is 6.12. The molecule has 0 bridgehead atoms. The van der Waals surface area contributed by atoms with Gasteiger partial charge >= 0.3 is 0 Å². The number of nitro benzene ring substituents is 1. The molecule has 1 aliphatic heterocycles. The average Bonchev–Trinajstić information content (AvgIpc) is 2.94. The van der Waals surface area contributed by atoms with Crippen molar-refractivity contribution < 1.29 is 9.72 Å². The van der Waals surface area contributed by atoms with Crippen LogP contribution in [-0.4, -0.2) is 38.4 Å². The highest BCUT2D eigenvalue weighted by Gasteiger charge is 2.17. The number of nitrogens with one attached hydrogen (secondary N) is 1. The van der Waals surface area contributed by atoms with Gasteiger partial charge in [-0.25, -0.2) is 4.98 Å². The van der Waals surface area contributed by atoms with Gasteiger partial charge in [0.05, 0.1) is 22.5 Å². The van der Waals surface area contributed by atoms with Crippen molar-refractivity contribution in [2.75, 3.05) is 18.4 Å². The number of aromatic nitrogens is 2. The maximum Gasteiger partial charge on any atom is 0.269 e. The summed E-state index contributed by atoms with van der Waals surface area (Å²) in [6, 6.07) is 11.4. The molecule has 2 aromatic carbocycles. The summed E-state index contributed by atoms with van der Waals surface area (Å²) < 4.78 is 2.29. The van der Waals surface area contributed by atoms with Crippen LogP contribution in [0.5, 0.6) is 0 Å². The van der Waals surface area contributed by atoms with Gasteiger partial charge < -0.3 is 9.88 Å². The first-order valence-corrected chi connectivity index (χ1v) is 11.3. The van der Waals surface area contributed by atoms with E-state index in [2.05, 4.69) is 21.7 Å². The molecule has 0 aliphatic carbocycles. The van der Waals surface area contributed by atoms with E-state index in [0.29, 0.717) is 11.3 Å². The van der Waals surface area contributed by atoms with Crippen molar-refractivity contribution in [3.05, 3.63) is 64.0 Å². The van der Waals surface area contributed by atoms with Gasteiger partial charge in [0, 0.05) is 29.9 Å². The Labute approximate surface area is 187 Å². The largest absolute Gasteiger partial charge is 0.327 e. The predicted octanol–water partition coefficient (Wildman–Crippen LogP) is 4.98. The molecule has 1 fully saturated rings. The number of hydrogen-bond donors (Lipinski definition) is 1. The number of likely N-dealkylation sites (tertiary alicyclic amines) is 1. The van der Waals surface area contributed by atoms with Crippen LogP contribution < -0.4 is 5.32 Å². The van der Waals surface area contributed by atoms with E-state index in [1.54, 1.807) is 0 Å². The molecule has 1 aromatic heterocycles. The first-order valence-electron chi connectivity index (χ1n) is 11.3. The quantitative estimate of drug-likeness (QED) is 0.417. The number of amides is 1. The van der Waals surface area contributed by atoms with Gasteiger partial charge in [0.1, 0.15) is 5.82 Å². The second kappa shape index (κ2) is 9.91. The maximum absolute atomic E-state index is 12.6. The van der Waals surface area contributed by atoms with E-state index >= 15 is 0 Å². The number of non-ortho nitro benzene ring substituents is 1. The minimum Gasteiger partial charge on any atom is -0.327 e. The van der Waals surface area contributed by atoms with Gasteiger partial charge in [-0.3, -0.25) is 19.8 Å². The van der Waals surface area contributed by atoms with Crippen molar-refractivity contribution >= 4 is 28.3 Å². The number of nitro groups is 1. The van der Waals surface area contributed by atoms with Gasteiger partial charge in [0.2, 0.25) is 0 Å². The van der Waals surface area contributed by atoms with E-state index < -0.39 is 4.92 Å². The smallest absolute Gasteiger partial charge is 0.269 e. The fourth-order valence-electron chi connectivity index (χ4n) is 4.28. The van der Waals surface area contributed by atoms with Gasteiger partial charge in [-0.1, -0.05) is 19.8 Å². The summed E-state index contributed by atoms with van der Waals surface area (Å²) in [5.74, 6) is 0.764. The fraction of sp³-hybridized carbons (Fsp3) is 0.417. The lowest BCUT2D eigenvalue weighted by Crippen LogP contribution is -2.26. The topological polar surface area (TPSA) is 93.3 Å². The molecule has 0 unspecified atom stereocenters. The molecule has 32 heavy (non-hydrogen) atoms. The minimum absolute atomic E-state index is 0.0404. The number of carbonyl (C=O) groups excluding carboxylic acids is 1. The molecule has 1 aliphatic rings. The fourth-order valence-corrected chi connectivity index (χ4v) is 4.28. The van der Waals surface area contributed by atoms with Gasteiger partial charge in [0.15, 0.2) is 0 Å². The molecule has 0 spiro atoms. The Morgan fingerprint density at radius 3 is 2.47 bits per heavy atom. The van der Waals surface area contributed by atoms with Crippen LogP contribution in [0.3, 0.4) is 0 Å². The number of imidazole rings is 1. The Bertz CT molecular complexity index is 1100. The first kappa shape index (κ1) is 22.0. The summed E-state index contributed by atoms with van der Waals surface area (Å²) in [5.41, 5.74) is 2.92. The van der Waals surface area contributed by atoms with E-state index in [4.69, 9.17) is 4.98 Å². The van der Waals surface area contributed by atoms with Crippen molar-refractivity contribution in [2.24, 2.45) is 0 Å². The van der Waals surface area contributed by atoms with Crippen LogP contribution in [-0.2, 0) is 13.1 Å². The van der Waals surface area contributed by atoms with Crippen LogP contribution in [0.1, 0.15) is 55.2 Å². The number of nitrogens with zero attached hydrogens (tertiary/aromatic N) is 4. The number of anilines is 1. The SMILES string of the molecule is CCCn1c(CN2CCCCCC2)nc2cc(NC(=O)c3ccc([N+](=O)[O-])cc3)ccc21. The van der Waals surface area contributed by atoms with Crippen LogP contribution in [0.2, 0.25) is 0 Å². The molecule has 8 nitrogen and oxygen atoms in total. The number of aryl methyl sites for hydroxylation is 1. The van der Waals surface area contributed by atoms with E-state index in [1.165, 1.54) is 49.9 Å². The Morgan fingerprint density at radius 1 is 1.09 bits per heavy atom. The highest BCUT2D eigenvalue weighted by molar-refractivity contribution is 6.05. The first-order chi connectivity index (χ1) is 15.5. The Kier molecular flexibility index (Phi) is 6.80. The highest BCUT2D eigenvalue weighted by Crippen LogP contribution is 2.23. The second-order valence-electron chi connectivity index (χ2n) is 8.33. The third kappa shape index (κ3) is 4.96. The summed E-state index contributed by atoms with van der Waals surface area (Å²) in [7, 11) is 0. The van der Waals surface area contributed by atoms with Crippen molar-refractivity contribution in [3.63, 3.8) is 0 Å². The summed E-state index contributed by atoms with van der Waals surface area (Å²) in [6.45, 7) is 6.16. The normalized spacial score (nSPS) is 14.9. The van der Waals surface area contributed by atoms with E-state index in [0.717, 1.165) is 49.5 Å². The van der Waals surface area contributed by atoms with Crippen molar-refractivity contribution in [3.8, 4) is 0 Å². The number of benzene rings is 2. The van der Waals surface area contributed by atoms with E-state index in [-0.39, 0.29) is 11.6 Å². The molecule has 8 heteroatoms. The molecular formula is C24H29N5O3.